The van der Waals surface area contributed by atoms with E-state index in [0.717, 1.165) is 16.7 Å². The molecule has 0 saturated carbocycles. The molecule has 2 atom stereocenters. The van der Waals surface area contributed by atoms with Crippen molar-refractivity contribution in [3.05, 3.63) is 95.3 Å². The Morgan fingerprint density at radius 2 is 1.77 bits per heavy atom. The van der Waals surface area contributed by atoms with Crippen LogP contribution in [0.2, 0.25) is 0 Å². The van der Waals surface area contributed by atoms with E-state index in [0.29, 0.717) is 24.2 Å². The molecule has 2 heterocycles. The molecule has 0 spiro atoms. The summed E-state index contributed by atoms with van der Waals surface area (Å²) in [5, 5.41) is 5.73. The Hall–Kier alpha value is -4.20. The summed E-state index contributed by atoms with van der Waals surface area (Å²) >= 11 is 0. The highest BCUT2D eigenvalue weighted by Gasteiger charge is 2.46. The molecule has 8 heteroatoms. The van der Waals surface area contributed by atoms with Crippen molar-refractivity contribution in [3.63, 3.8) is 0 Å². The molecule has 1 saturated heterocycles. The minimum atomic E-state index is -0.860. The third-order valence-electron chi connectivity index (χ3n) is 5.85. The second kappa shape index (κ2) is 10.8. The van der Waals surface area contributed by atoms with Gasteiger partial charge in [-0.3, -0.25) is 19.5 Å². The van der Waals surface area contributed by atoms with Gasteiger partial charge in [0.15, 0.2) is 12.1 Å². The zero-order valence-electron chi connectivity index (χ0n) is 19.7. The molecule has 4 rings (SSSR count). The lowest BCUT2D eigenvalue weighted by Gasteiger charge is -2.24. The predicted molar refractivity (Wildman–Crippen MR) is 131 cm³/mol. The van der Waals surface area contributed by atoms with Gasteiger partial charge in [-0.2, -0.15) is 0 Å². The first-order valence-corrected chi connectivity index (χ1v) is 11.5. The van der Waals surface area contributed by atoms with Crippen molar-refractivity contribution in [2.75, 3.05) is 5.32 Å². The summed E-state index contributed by atoms with van der Waals surface area (Å²) < 4.78 is 5.72. The van der Waals surface area contributed by atoms with Crippen molar-refractivity contribution in [2.45, 2.75) is 45.5 Å². The molecule has 0 bridgehead atoms. The molecule has 3 amide bonds. The van der Waals surface area contributed by atoms with Gasteiger partial charge >= 0.3 is 6.09 Å². The van der Waals surface area contributed by atoms with Crippen LogP contribution in [0.4, 0.5) is 10.5 Å². The first-order chi connectivity index (χ1) is 16.9. The van der Waals surface area contributed by atoms with Crippen molar-refractivity contribution in [1.82, 2.24) is 15.2 Å². The Kier molecular flexibility index (Phi) is 7.40. The number of hydrogen-bond donors (Lipinski definition) is 2. The highest BCUT2D eigenvalue weighted by atomic mass is 16.6. The number of nitrogens with zero attached hydrogens (tertiary/aromatic N) is 2. The van der Waals surface area contributed by atoms with Crippen LogP contribution in [0, 0.1) is 6.92 Å². The van der Waals surface area contributed by atoms with Gasteiger partial charge in [-0.1, -0.05) is 48.9 Å². The van der Waals surface area contributed by atoms with Gasteiger partial charge in [0.25, 0.3) is 0 Å². The summed E-state index contributed by atoms with van der Waals surface area (Å²) in [5.74, 6) is -0.406. The van der Waals surface area contributed by atoms with Crippen LogP contribution in [-0.2, 0) is 27.4 Å². The van der Waals surface area contributed by atoms with E-state index in [-0.39, 0.29) is 18.4 Å². The Balaban J connectivity index is 1.59. The molecule has 1 aliphatic heterocycles. The molecule has 0 aliphatic carbocycles. The van der Waals surface area contributed by atoms with Gasteiger partial charge in [-0.05, 0) is 47.9 Å². The van der Waals surface area contributed by atoms with Crippen molar-refractivity contribution < 1.29 is 19.1 Å². The minimum Gasteiger partial charge on any atom is -0.438 e. The van der Waals surface area contributed by atoms with E-state index in [9.17, 15) is 14.4 Å². The fourth-order valence-electron chi connectivity index (χ4n) is 4.02. The second-order valence-corrected chi connectivity index (χ2v) is 8.46. The number of cyclic esters (lactones) is 1. The molecule has 1 fully saturated rings. The van der Waals surface area contributed by atoms with E-state index < -0.39 is 18.2 Å². The fourth-order valence-corrected chi connectivity index (χ4v) is 4.02. The molecule has 180 valence electrons. The lowest BCUT2D eigenvalue weighted by molar-refractivity contribution is -0.126. The maximum atomic E-state index is 13.4. The average Bonchev–Trinajstić information content (AvgIpc) is 3.19. The van der Waals surface area contributed by atoms with Crippen molar-refractivity contribution in [1.29, 1.82) is 0 Å². The van der Waals surface area contributed by atoms with Crippen molar-refractivity contribution >= 4 is 23.6 Å². The number of ether oxygens (including phenoxy) is 1. The van der Waals surface area contributed by atoms with Gasteiger partial charge in [0.2, 0.25) is 11.8 Å². The zero-order valence-corrected chi connectivity index (χ0v) is 19.7. The number of carbonyl (C=O) groups excluding carboxylic acids is 3. The highest BCUT2D eigenvalue weighted by Crippen LogP contribution is 2.34. The van der Waals surface area contributed by atoms with Crippen LogP contribution < -0.4 is 10.6 Å². The van der Waals surface area contributed by atoms with Crippen LogP contribution in [0.15, 0.2) is 73.1 Å². The lowest BCUT2D eigenvalue weighted by Crippen LogP contribution is -2.46. The molecule has 35 heavy (non-hydrogen) atoms. The lowest BCUT2D eigenvalue weighted by atomic mass is 10.00. The first kappa shape index (κ1) is 23.9. The van der Waals surface area contributed by atoms with E-state index >= 15 is 0 Å². The number of rotatable bonds is 8. The monoisotopic (exact) mass is 472 g/mol. The summed E-state index contributed by atoms with van der Waals surface area (Å²) in [5.41, 5.74) is 4.18. The topological polar surface area (TPSA) is 101 Å². The van der Waals surface area contributed by atoms with E-state index in [1.54, 1.807) is 43.6 Å². The number of nitrogens with one attached hydrogen (secondary N) is 2. The van der Waals surface area contributed by atoms with E-state index in [1.165, 1.54) is 4.90 Å². The third-order valence-corrected chi connectivity index (χ3v) is 5.85. The SMILES string of the molecule is CCC(=O)Nc1ccc(C2OC(=O)N(Cc3cccc(C)c3)C2C(=O)NCc2ccncc2)cc1. The van der Waals surface area contributed by atoms with Crippen LogP contribution in [0.5, 0.6) is 0 Å². The number of hydrogen-bond acceptors (Lipinski definition) is 5. The molecule has 2 unspecified atom stereocenters. The minimum absolute atomic E-state index is 0.0947. The summed E-state index contributed by atoms with van der Waals surface area (Å²) in [6, 6.07) is 17.6. The number of aromatic nitrogens is 1. The summed E-state index contributed by atoms with van der Waals surface area (Å²) in [6.45, 7) is 4.31. The molecule has 0 radical (unpaired) electrons. The van der Waals surface area contributed by atoms with E-state index in [2.05, 4.69) is 15.6 Å². The van der Waals surface area contributed by atoms with Crippen LogP contribution in [0.3, 0.4) is 0 Å². The zero-order chi connectivity index (χ0) is 24.8. The number of carbonyl (C=O) groups is 3. The molecule has 1 aromatic heterocycles. The number of benzene rings is 2. The fraction of sp³-hybridized carbons (Fsp3) is 0.259. The quantitative estimate of drug-likeness (QED) is 0.514. The van der Waals surface area contributed by atoms with Crippen LogP contribution in [0.1, 0.15) is 41.7 Å². The number of pyridine rings is 1. The van der Waals surface area contributed by atoms with Crippen molar-refractivity contribution in [3.8, 4) is 0 Å². The van der Waals surface area contributed by atoms with Crippen LogP contribution >= 0.6 is 0 Å². The Morgan fingerprint density at radius 1 is 1.03 bits per heavy atom. The number of aryl methyl sites for hydroxylation is 1. The van der Waals surface area contributed by atoms with Crippen LogP contribution in [-0.4, -0.2) is 33.8 Å². The predicted octanol–water partition coefficient (Wildman–Crippen LogP) is 4.12. The largest absolute Gasteiger partial charge is 0.438 e. The molecular formula is C27H28N4O4. The van der Waals surface area contributed by atoms with Crippen molar-refractivity contribution in [2.24, 2.45) is 0 Å². The Bertz CT molecular complexity index is 1200. The molecule has 1 aliphatic rings. The average molecular weight is 473 g/mol. The van der Waals surface area contributed by atoms with Gasteiger partial charge < -0.3 is 15.4 Å². The summed E-state index contributed by atoms with van der Waals surface area (Å²) in [6.07, 6.45) is 2.35. The van der Waals surface area contributed by atoms with Gasteiger partial charge in [-0.25, -0.2) is 4.79 Å². The molecule has 2 aromatic carbocycles. The molecular weight excluding hydrogens is 444 g/mol. The van der Waals surface area contributed by atoms with Crippen LogP contribution in [0.25, 0.3) is 0 Å². The Labute approximate surface area is 204 Å². The second-order valence-electron chi connectivity index (χ2n) is 8.46. The van der Waals surface area contributed by atoms with Gasteiger partial charge in [0.1, 0.15) is 0 Å². The summed E-state index contributed by atoms with van der Waals surface area (Å²) in [4.78, 5) is 43.5. The summed E-state index contributed by atoms with van der Waals surface area (Å²) in [7, 11) is 0. The van der Waals surface area contributed by atoms with Gasteiger partial charge in [0, 0.05) is 31.0 Å². The first-order valence-electron chi connectivity index (χ1n) is 11.5. The number of amides is 3. The third kappa shape index (κ3) is 5.84. The Morgan fingerprint density at radius 3 is 2.46 bits per heavy atom. The van der Waals surface area contributed by atoms with Gasteiger partial charge in [0.05, 0.1) is 6.54 Å². The van der Waals surface area contributed by atoms with E-state index in [4.69, 9.17) is 4.74 Å². The number of anilines is 1. The maximum Gasteiger partial charge on any atom is 0.411 e. The molecule has 3 aromatic rings. The van der Waals surface area contributed by atoms with Gasteiger partial charge in [-0.15, -0.1) is 0 Å². The van der Waals surface area contributed by atoms with E-state index in [1.807, 2.05) is 43.3 Å². The maximum absolute atomic E-state index is 13.4. The molecule has 2 N–H and O–H groups in total. The normalized spacial score (nSPS) is 17.1. The molecule has 8 nitrogen and oxygen atoms in total. The standard InChI is InChI=1S/C27H28N4O4/c1-3-23(32)30-22-9-7-21(8-10-22)25-24(26(33)29-16-19-11-13-28-14-12-19)31(27(34)35-25)17-20-6-4-5-18(2)15-20/h4-15,24-25H,3,16-17H2,1-2H3,(H,29,33)(H,30,32). The smallest absolute Gasteiger partial charge is 0.411 e. The highest BCUT2D eigenvalue weighted by molar-refractivity contribution is 5.91.